The van der Waals surface area contributed by atoms with Crippen LogP contribution in [0.4, 0.5) is 5.69 Å². The minimum atomic E-state index is -0.572. The Kier molecular flexibility index (Phi) is 5.36. The third-order valence-corrected chi connectivity index (χ3v) is 4.69. The third-order valence-electron chi connectivity index (χ3n) is 4.69. The number of rotatable bonds is 5. The molecule has 0 radical (unpaired) electrons. The maximum absolute atomic E-state index is 12.5. The molecular weight excluding hydrogens is 398 g/mol. The Hall–Kier alpha value is -4.20. The number of esters is 1. The molecule has 8 heteroatoms. The second kappa shape index (κ2) is 8.27. The van der Waals surface area contributed by atoms with Gasteiger partial charge in [0.25, 0.3) is 0 Å². The van der Waals surface area contributed by atoms with E-state index in [0.717, 1.165) is 11.4 Å². The highest BCUT2D eigenvalue weighted by Crippen LogP contribution is 2.22. The van der Waals surface area contributed by atoms with Crippen LogP contribution in [0.25, 0.3) is 16.7 Å². The van der Waals surface area contributed by atoms with E-state index in [1.165, 1.54) is 13.0 Å². The second-order valence-electron chi connectivity index (χ2n) is 6.99. The van der Waals surface area contributed by atoms with Gasteiger partial charge in [-0.25, -0.2) is 14.3 Å². The van der Waals surface area contributed by atoms with Gasteiger partial charge in [0.15, 0.2) is 0 Å². The quantitative estimate of drug-likeness (QED) is 0.393. The van der Waals surface area contributed by atoms with Gasteiger partial charge in [-0.3, -0.25) is 4.79 Å². The minimum absolute atomic E-state index is 0.0968. The molecule has 2 heterocycles. The molecule has 31 heavy (non-hydrogen) atoms. The SMILES string of the molecule is CC(=O)Nc1ccc2c(COC(=O)c3ccc(-n4nccc4C)cc3)cc(=O)oc2c1. The number of hydrogen-bond donors (Lipinski definition) is 1. The molecule has 4 aromatic rings. The highest BCUT2D eigenvalue weighted by molar-refractivity contribution is 5.92. The number of carbonyl (C=O) groups is 2. The van der Waals surface area contributed by atoms with Gasteiger partial charge in [-0.05, 0) is 49.4 Å². The molecule has 0 aliphatic rings. The summed E-state index contributed by atoms with van der Waals surface area (Å²) >= 11 is 0. The predicted molar refractivity (Wildman–Crippen MR) is 114 cm³/mol. The largest absolute Gasteiger partial charge is 0.457 e. The van der Waals surface area contributed by atoms with Crippen LogP contribution in [-0.4, -0.2) is 21.7 Å². The number of fused-ring (bicyclic) bond motifs is 1. The van der Waals surface area contributed by atoms with E-state index in [0.29, 0.717) is 27.8 Å². The van der Waals surface area contributed by atoms with Crippen LogP contribution in [0.5, 0.6) is 0 Å². The second-order valence-corrected chi connectivity index (χ2v) is 6.99. The Labute approximate surface area is 177 Å². The van der Waals surface area contributed by atoms with Crippen LogP contribution < -0.4 is 10.9 Å². The molecule has 0 unspecified atom stereocenters. The molecule has 0 spiro atoms. The Morgan fingerprint density at radius 2 is 1.87 bits per heavy atom. The number of amides is 1. The Bertz CT molecular complexity index is 1340. The monoisotopic (exact) mass is 417 g/mol. The van der Waals surface area contributed by atoms with E-state index < -0.39 is 11.6 Å². The number of ether oxygens (including phenoxy) is 1. The molecule has 1 amide bonds. The van der Waals surface area contributed by atoms with E-state index in [2.05, 4.69) is 10.4 Å². The molecule has 2 aromatic heterocycles. The third kappa shape index (κ3) is 4.37. The molecule has 8 nitrogen and oxygen atoms in total. The van der Waals surface area contributed by atoms with Gasteiger partial charge in [0, 0.05) is 47.6 Å². The standard InChI is InChI=1S/C23H19N3O5/c1-14-9-10-24-26(14)19-6-3-16(4-7-19)23(29)30-13-17-11-22(28)31-21-12-18(25-15(2)27)5-8-20(17)21/h3-12H,13H2,1-2H3,(H,25,27). The number of benzene rings is 2. The first-order valence-corrected chi connectivity index (χ1v) is 9.53. The molecule has 0 atom stereocenters. The number of carbonyl (C=O) groups excluding carboxylic acids is 2. The van der Waals surface area contributed by atoms with E-state index in [1.54, 1.807) is 53.3 Å². The van der Waals surface area contributed by atoms with Crippen molar-refractivity contribution in [1.29, 1.82) is 0 Å². The van der Waals surface area contributed by atoms with Crippen LogP contribution in [-0.2, 0) is 16.1 Å². The molecule has 0 aliphatic heterocycles. The number of hydrogen-bond acceptors (Lipinski definition) is 6. The predicted octanol–water partition coefficient (Wildman–Crippen LogP) is 3.60. The zero-order valence-corrected chi connectivity index (χ0v) is 16.9. The van der Waals surface area contributed by atoms with Gasteiger partial charge < -0.3 is 14.5 Å². The zero-order chi connectivity index (χ0) is 22.0. The highest BCUT2D eigenvalue weighted by Gasteiger charge is 2.12. The first kappa shape index (κ1) is 20.1. The lowest BCUT2D eigenvalue weighted by atomic mass is 10.1. The Morgan fingerprint density at radius 3 is 2.55 bits per heavy atom. The van der Waals surface area contributed by atoms with E-state index in [9.17, 15) is 14.4 Å². The highest BCUT2D eigenvalue weighted by atomic mass is 16.5. The van der Waals surface area contributed by atoms with Crippen LogP contribution in [0.1, 0.15) is 28.5 Å². The molecule has 156 valence electrons. The van der Waals surface area contributed by atoms with Gasteiger partial charge in [0.05, 0.1) is 11.3 Å². The summed E-state index contributed by atoms with van der Waals surface area (Å²) in [5, 5.41) is 7.48. The first-order valence-electron chi connectivity index (χ1n) is 9.53. The molecule has 1 N–H and O–H groups in total. The molecule has 0 saturated heterocycles. The van der Waals surface area contributed by atoms with Crippen LogP contribution in [0.15, 0.2) is 70.0 Å². The van der Waals surface area contributed by atoms with Crippen LogP contribution in [0.2, 0.25) is 0 Å². The summed E-state index contributed by atoms with van der Waals surface area (Å²) in [4.78, 5) is 35.6. The van der Waals surface area contributed by atoms with Crippen molar-refractivity contribution in [2.45, 2.75) is 20.5 Å². The summed E-state index contributed by atoms with van der Waals surface area (Å²) in [7, 11) is 0. The number of anilines is 1. The van der Waals surface area contributed by atoms with Crippen molar-refractivity contribution in [3.05, 3.63) is 88.0 Å². The van der Waals surface area contributed by atoms with Crippen LogP contribution >= 0.6 is 0 Å². The molecule has 0 fully saturated rings. The van der Waals surface area contributed by atoms with Gasteiger partial charge in [-0.15, -0.1) is 0 Å². The average molecular weight is 417 g/mol. The normalized spacial score (nSPS) is 10.8. The van der Waals surface area contributed by atoms with Gasteiger partial charge in [0.2, 0.25) is 5.91 Å². The lowest BCUT2D eigenvalue weighted by Crippen LogP contribution is -2.09. The van der Waals surface area contributed by atoms with Crippen molar-refractivity contribution in [1.82, 2.24) is 9.78 Å². The number of aryl methyl sites for hydroxylation is 1. The first-order chi connectivity index (χ1) is 14.9. The number of nitrogens with one attached hydrogen (secondary N) is 1. The molecule has 4 rings (SSSR count). The Balaban J connectivity index is 1.52. The van der Waals surface area contributed by atoms with Crippen molar-refractivity contribution in [3.63, 3.8) is 0 Å². The number of aromatic nitrogens is 2. The molecule has 2 aromatic carbocycles. The number of nitrogens with zero attached hydrogens (tertiary/aromatic N) is 2. The van der Waals surface area contributed by atoms with Crippen molar-refractivity contribution < 1.29 is 18.7 Å². The van der Waals surface area contributed by atoms with Gasteiger partial charge in [0.1, 0.15) is 12.2 Å². The maximum Gasteiger partial charge on any atom is 0.338 e. The molecular formula is C23H19N3O5. The van der Waals surface area contributed by atoms with E-state index in [-0.39, 0.29) is 12.5 Å². The summed E-state index contributed by atoms with van der Waals surface area (Å²) in [6, 6.07) is 15.0. The van der Waals surface area contributed by atoms with Crippen molar-refractivity contribution in [2.24, 2.45) is 0 Å². The van der Waals surface area contributed by atoms with Crippen LogP contribution in [0, 0.1) is 6.92 Å². The van der Waals surface area contributed by atoms with Gasteiger partial charge in [-0.1, -0.05) is 0 Å². The van der Waals surface area contributed by atoms with Crippen molar-refractivity contribution >= 4 is 28.5 Å². The average Bonchev–Trinajstić information content (AvgIpc) is 3.17. The summed E-state index contributed by atoms with van der Waals surface area (Å²) in [5.41, 5.74) is 2.94. The molecule has 0 bridgehead atoms. The Morgan fingerprint density at radius 1 is 1.10 bits per heavy atom. The van der Waals surface area contributed by atoms with Gasteiger partial charge in [-0.2, -0.15) is 5.10 Å². The fourth-order valence-corrected chi connectivity index (χ4v) is 3.24. The van der Waals surface area contributed by atoms with Crippen molar-refractivity contribution in [2.75, 3.05) is 5.32 Å². The maximum atomic E-state index is 12.5. The smallest absolute Gasteiger partial charge is 0.338 e. The fraction of sp³-hybridized carbons (Fsp3) is 0.130. The van der Waals surface area contributed by atoms with Gasteiger partial charge >= 0.3 is 11.6 Å². The van der Waals surface area contributed by atoms with E-state index >= 15 is 0 Å². The molecule has 0 saturated carbocycles. The summed E-state index contributed by atoms with van der Waals surface area (Å²) in [6.45, 7) is 3.23. The summed E-state index contributed by atoms with van der Waals surface area (Å²) in [6.07, 6.45) is 1.71. The lowest BCUT2D eigenvalue weighted by Gasteiger charge is -2.09. The summed E-state index contributed by atoms with van der Waals surface area (Å²) in [5.74, 6) is -0.750. The van der Waals surface area contributed by atoms with E-state index in [1.807, 2.05) is 13.0 Å². The van der Waals surface area contributed by atoms with Crippen molar-refractivity contribution in [3.8, 4) is 5.69 Å². The fourth-order valence-electron chi connectivity index (χ4n) is 3.24. The topological polar surface area (TPSA) is 103 Å². The van der Waals surface area contributed by atoms with Crippen LogP contribution in [0.3, 0.4) is 0 Å². The minimum Gasteiger partial charge on any atom is -0.457 e. The summed E-state index contributed by atoms with van der Waals surface area (Å²) < 4.78 is 12.4. The molecule has 0 aliphatic carbocycles. The lowest BCUT2D eigenvalue weighted by molar-refractivity contribution is -0.114. The van der Waals surface area contributed by atoms with E-state index in [4.69, 9.17) is 9.15 Å². The zero-order valence-electron chi connectivity index (χ0n) is 16.9.